The minimum Gasteiger partial charge on any atom is -0.476 e. The molecule has 0 saturated carbocycles. The third-order valence-electron chi connectivity index (χ3n) is 4.78. The highest BCUT2D eigenvalue weighted by molar-refractivity contribution is 7.89. The standard InChI is InChI=1S/C18H27N5O3S/c1-12-17(13(2)20-19-12)27(24,25)23-9-8-14(10-23)11-26-16-7-6-15(21-22-16)18(3,4)5/h6-7,14H,8-11H2,1-5H3,(H,19,20). The predicted octanol–water partition coefficient (Wildman–Crippen LogP) is 2.20. The van der Waals surface area contributed by atoms with Crippen LogP contribution < -0.4 is 4.74 Å². The van der Waals surface area contributed by atoms with E-state index in [4.69, 9.17) is 4.74 Å². The van der Waals surface area contributed by atoms with Crippen molar-refractivity contribution >= 4 is 10.0 Å². The Bertz CT molecular complexity index is 881. The van der Waals surface area contributed by atoms with Crippen LogP contribution >= 0.6 is 0 Å². The third-order valence-corrected chi connectivity index (χ3v) is 6.91. The molecule has 1 aliphatic rings. The van der Waals surface area contributed by atoms with Gasteiger partial charge in [-0.1, -0.05) is 20.8 Å². The zero-order chi connectivity index (χ0) is 19.8. The van der Waals surface area contributed by atoms with Crippen molar-refractivity contribution in [3.05, 3.63) is 29.2 Å². The molecule has 0 amide bonds. The lowest BCUT2D eigenvalue weighted by molar-refractivity contribution is 0.243. The van der Waals surface area contributed by atoms with Crippen molar-refractivity contribution in [1.29, 1.82) is 0 Å². The quantitative estimate of drug-likeness (QED) is 0.836. The van der Waals surface area contributed by atoms with Crippen molar-refractivity contribution in [2.45, 2.75) is 51.3 Å². The molecule has 27 heavy (non-hydrogen) atoms. The van der Waals surface area contributed by atoms with Crippen molar-refractivity contribution in [1.82, 2.24) is 24.7 Å². The van der Waals surface area contributed by atoms with Crippen LogP contribution in [0.15, 0.2) is 17.0 Å². The van der Waals surface area contributed by atoms with Crippen molar-refractivity contribution in [2.75, 3.05) is 19.7 Å². The molecule has 0 spiro atoms. The lowest BCUT2D eigenvalue weighted by Crippen LogP contribution is -2.30. The van der Waals surface area contributed by atoms with E-state index in [1.807, 2.05) is 12.1 Å². The largest absolute Gasteiger partial charge is 0.476 e. The molecular formula is C18H27N5O3S. The van der Waals surface area contributed by atoms with E-state index in [1.165, 1.54) is 4.31 Å². The number of rotatable bonds is 5. The molecule has 9 heteroatoms. The molecule has 1 unspecified atom stereocenters. The maximum absolute atomic E-state index is 12.9. The van der Waals surface area contributed by atoms with Gasteiger partial charge >= 0.3 is 0 Å². The number of hydrogen-bond acceptors (Lipinski definition) is 6. The number of hydrogen-bond donors (Lipinski definition) is 1. The molecule has 3 rings (SSSR count). The molecule has 2 aromatic heterocycles. The molecule has 0 aliphatic carbocycles. The van der Waals surface area contributed by atoms with Gasteiger partial charge in [-0.15, -0.1) is 5.10 Å². The van der Waals surface area contributed by atoms with Crippen LogP contribution in [0.5, 0.6) is 5.88 Å². The summed E-state index contributed by atoms with van der Waals surface area (Å²) in [6.07, 6.45) is 0.753. The van der Waals surface area contributed by atoms with E-state index in [2.05, 4.69) is 41.2 Å². The van der Waals surface area contributed by atoms with Crippen LogP contribution in [0.1, 0.15) is 44.3 Å². The lowest BCUT2D eigenvalue weighted by Gasteiger charge is -2.18. The first-order chi connectivity index (χ1) is 12.6. The summed E-state index contributed by atoms with van der Waals surface area (Å²) in [6, 6.07) is 3.73. The molecule has 0 aromatic carbocycles. The second-order valence-corrected chi connectivity index (χ2v) is 9.97. The summed E-state index contributed by atoms with van der Waals surface area (Å²) in [5.74, 6) is 0.585. The fourth-order valence-electron chi connectivity index (χ4n) is 3.20. The number of ether oxygens (including phenoxy) is 1. The Kier molecular flexibility index (Phi) is 5.27. The Balaban J connectivity index is 1.60. The number of H-pyrrole nitrogens is 1. The number of sulfonamides is 1. The second kappa shape index (κ2) is 7.20. The second-order valence-electron chi connectivity index (χ2n) is 8.10. The SMILES string of the molecule is Cc1n[nH]c(C)c1S(=O)(=O)N1CCC(COc2ccc(C(C)(C)C)nn2)C1. The van der Waals surface area contributed by atoms with Crippen LogP contribution in [-0.2, 0) is 15.4 Å². The average Bonchev–Trinajstić information content (AvgIpc) is 3.20. The predicted molar refractivity (Wildman–Crippen MR) is 101 cm³/mol. The lowest BCUT2D eigenvalue weighted by atomic mass is 9.92. The summed E-state index contributed by atoms with van der Waals surface area (Å²) >= 11 is 0. The fourth-order valence-corrected chi connectivity index (χ4v) is 5.06. The Hall–Kier alpha value is -2.00. The van der Waals surface area contributed by atoms with Crippen LogP contribution in [0.4, 0.5) is 0 Å². The van der Waals surface area contributed by atoms with Crippen LogP contribution in [0, 0.1) is 19.8 Å². The van der Waals surface area contributed by atoms with E-state index in [-0.39, 0.29) is 16.2 Å². The van der Waals surface area contributed by atoms with E-state index in [0.29, 0.717) is 37.0 Å². The summed E-state index contributed by atoms with van der Waals surface area (Å²) < 4.78 is 33.0. The van der Waals surface area contributed by atoms with E-state index in [0.717, 1.165) is 12.1 Å². The smallest absolute Gasteiger partial charge is 0.246 e. The number of aryl methyl sites for hydroxylation is 2. The van der Waals surface area contributed by atoms with E-state index >= 15 is 0 Å². The normalized spacial score (nSPS) is 18.8. The average molecular weight is 394 g/mol. The zero-order valence-corrected chi connectivity index (χ0v) is 17.3. The van der Waals surface area contributed by atoms with E-state index < -0.39 is 10.0 Å². The Morgan fingerprint density at radius 2 is 2.00 bits per heavy atom. The molecule has 1 saturated heterocycles. The van der Waals surface area contributed by atoms with Gasteiger partial charge < -0.3 is 4.74 Å². The maximum atomic E-state index is 12.9. The Morgan fingerprint density at radius 1 is 1.26 bits per heavy atom. The minimum atomic E-state index is -3.54. The van der Waals surface area contributed by atoms with Gasteiger partial charge in [-0.05, 0) is 26.3 Å². The van der Waals surface area contributed by atoms with Crippen LogP contribution in [0.2, 0.25) is 0 Å². The summed E-state index contributed by atoms with van der Waals surface area (Å²) in [7, 11) is -3.54. The zero-order valence-electron chi connectivity index (χ0n) is 16.5. The van der Waals surface area contributed by atoms with Crippen molar-refractivity contribution in [2.24, 2.45) is 5.92 Å². The molecule has 8 nitrogen and oxygen atoms in total. The molecular weight excluding hydrogens is 366 g/mol. The van der Waals surface area contributed by atoms with E-state index in [1.54, 1.807) is 13.8 Å². The summed E-state index contributed by atoms with van der Waals surface area (Å²) in [5.41, 5.74) is 1.91. The number of nitrogens with zero attached hydrogens (tertiary/aromatic N) is 4. The highest BCUT2D eigenvalue weighted by Crippen LogP contribution is 2.28. The molecule has 0 bridgehead atoms. The Labute approximate surface area is 160 Å². The molecule has 1 fully saturated rings. The van der Waals surface area contributed by atoms with Gasteiger partial charge in [0, 0.05) is 30.5 Å². The van der Waals surface area contributed by atoms with Crippen LogP contribution in [-0.4, -0.2) is 52.8 Å². The van der Waals surface area contributed by atoms with E-state index in [9.17, 15) is 8.42 Å². The number of nitrogens with one attached hydrogen (secondary N) is 1. The number of aromatic nitrogens is 4. The van der Waals surface area contributed by atoms with Gasteiger partial charge in [0.05, 0.1) is 23.7 Å². The van der Waals surface area contributed by atoms with Crippen molar-refractivity contribution in [3.63, 3.8) is 0 Å². The summed E-state index contributed by atoms with van der Waals surface area (Å²) in [5, 5.41) is 15.1. The van der Waals surface area contributed by atoms with Gasteiger partial charge in [0.2, 0.25) is 15.9 Å². The Morgan fingerprint density at radius 3 is 2.56 bits per heavy atom. The van der Waals surface area contributed by atoms with Gasteiger partial charge in [-0.25, -0.2) is 8.42 Å². The minimum absolute atomic E-state index is 0.0603. The fraction of sp³-hybridized carbons (Fsp3) is 0.611. The van der Waals surface area contributed by atoms with Crippen LogP contribution in [0.3, 0.4) is 0 Å². The molecule has 148 valence electrons. The molecule has 1 atom stereocenters. The van der Waals surface area contributed by atoms with Crippen molar-refractivity contribution < 1.29 is 13.2 Å². The first kappa shape index (κ1) is 19.8. The first-order valence-corrected chi connectivity index (χ1v) is 10.5. The molecule has 0 radical (unpaired) electrons. The molecule has 1 aliphatic heterocycles. The van der Waals surface area contributed by atoms with Crippen LogP contribution in [0.25, 0.3) is 0 Å². The van der Waals surface area contributed by atoms with Gasteiger partial charge in [0.1, 0.15) is 4.90 Å². The monoisotopic (exact) mass is 393 g/mol. The maximum Gasteiger partial charge on any atom is 0.246 e. The first-order valence-electron chi connectivity index (χ1n) is 9.08. The highest BCUT2D eigenvalue weighted by Gasteiger charge is 2.35. The topological polar surface area (TPSA) is 101 Å². The van der Waals surface area contributed by atoms with Gasteiger partial charge in [-0.3, -0.25) is 5.10 Å². The van der Waals surface area contributed by atoms with Gasteiger partial charge in [-0.2, -0.15) is 14.5 Å². The third kappa shape index (κ3) is 4.14. The van der Waals surface area contributed by atoms with Crippen molar-refractivity contribution in [3.8, 4) is 5.88 Å². The summed E-state index contributed by atoms with van der Waals surface area (Å²) in [4.78, 5) is 0.285. The molecule has 3 heterocycles. The van der Waals surface area contributed by atoms with Gasteiger partial charge in [0.15, 0.2) is 0 Å². The van der Waals surface area contributed by atoms with Gasteiger partial charge in [0.25, 0.3) is 0 Å². The molecule has 1 N–H and O–H groups in total. The number of aromatic amines is 1. The highest BCUT2D eigenvalue weighted by atomic mass is 32.2. The summed E-state index contributed by atoms with van der Waals surface area (Å²) in [6.45, 7) is 11.0. The molecule has 2 aromatic rings.